The second-order valence-electron chi connectivity index (χ2n) is 3.99. The van der Waals surface area contributed by atoms with E-state index >= 15 is 0 Å². The molecule has 0 radical (unpaired) electrons. The SMILES string of the molecule is N#CC(=Cc1cccc(Br)c1)C(=O)NCc1ccco1. The zero-order valence-electron chi connectivity index (χ0n) is 10.5. The van der Waals surface area contributed by atoms with E-state index in [4.69, 9.17) is 9.68 Å². The van der Waals surface area contributed by atoms with Crippen molar-refractivity contribution >= 4 is 27.9 Å². The minimum atomic E-state index is -0.427. The third-order valence-corrected chi connectivity index (χ3v) is 3.02. The second-order valence-corrected chi connectivity index (χ2v) is 4.90. The summed E-state index contributed by atoms with van der Waals surface area (Å²) in [4.78, 5) is 11.9. The number of halogens is 1. The fourth-order valence-electron chi connectivity index (χ4n) is 1.59. The maximum absolute atomic E-state index is 11.9. The van der Waals surface area contributed by atoms with Crippen LogP contribution in [0.2, 0.25) is 0 Å². The lowest BCUT2D eigenvalue weighted by Gasteiger charge is -2.02. The summed E-state index contributed by atoms with van der Waals surface area (Å²) < 4.78 is 6.00. The van der Waals surface area contributed by atoms with Crippen LogP contribution in [0.15, 0.2) is 57.1 Å². The third kappa shape index (κ3) is 3.84. The van der Waals surface area contributed by atoms with E-state index in [-0.39, 0.29) is 12.1 Å². The summed E-state index contributed by atoms with van der Waals surface area (Å²) in [5, 5.41) is 11.7. The van der Waals surface area contributed by atoms with Crippen LogP contribution in [0.3, 0.4) is 0 Å². The highest BCUT2D eigenvalue weighted by Crippen LogP contribution is 2.14. The molecule has 2 rings (SSSR count). The lowest BCUT2D eigenvalue weighted by atomic mass is 10.1. The highest BCUT2D eigenvalue weighted by molar-refractivity contribution is 9.10. The molecule has 0 bridgehead atoms. The van der Waals surface area contributed by atoms with Gasteiger partial charge in [0.2, 0.25) is 0 Å². The smallest absolute Gasteiger partial charge is 0.262 e. The average molecular weight is 331 g/mol. The number of benzene rings is 1. The zero-order valence-corrected chi connectivity index (χ0v) is 12.1. The number of nitrogens with zero attached hydrogens (tertiary/aromatic N) is 1. The molecule has 5 heteroatoms. The Kier molecular flexibility index (Phi) is 4.75. The molecular weight excluding hydrogens is 320 g/mol. The summed E-state index contributed by atoms with van der Waals surface area (Å²) in [5.41, 5.74) is 0.832. The summed E-state index contributed by atoms with van der Waals surface area (Å²) in [5.74, 6) is 0.210. The molecule has 0 saturated carbocycles. The van der Waals surface area contributed by atoms with Gasteiger partial charge in [0.25, 0.3) is 5.91 Å². The lowest BCUT2D eigenvalue weighted by Crippen LogP contribution is -2.23. The predicted molar refractivity (Wildman–Crippen MR) is 78.3 cm³/mol. The van der Waals surface area contributed by atoms with E-state index in [0.717, 1.165) is 10.0 Å². The summed E-state index contributed by atoms with van der Waals surface area (Å²) >= 11 is 3.34. The first-order valence-electron chi connectivity index (χ1n) is 5.87. The van der Waals surface area contributed by atoms with E-state index in [1.165, 1.54) is 6.26 Å². The molecule has 20 heavy (non-hydrogen) atoms. The monoisotopic (exact) mass is 330 g/mol. The van der Waals surface area contributed by atoms with Crippen molar-refractivity contribution in [3.05, 3.63) is 64.0 Å². The van der Waals surface area contributed by atoms with E-state index in [1.54, 1.807) is 18.2 Å². The van der Waals surface area contributed by atoms with Crippen molar-refractivity contribution in [2.45, 2.75) is 6.54 Å². The molecular formula is C15H11BrN2O2. The fraction of sp³-hybridized carbons (Fsp3) is 0.0667. The van der Waals surface area contributed by atoms with Gasteiger partial charge in [-0.25, -0.2) is 0 Å². The summed E-state index contributed by atoms with van der Waals surface area (Å²) in [7, 11) is 0. The number of hydrogen-bond donors (Lipinski definition) is 1. The van der Waals surface area contributed by atoms with Crippen molar-refractivity contribution in [1.82, 2.24) is 5.32 Å². The van der Waals surface area contributed by atoms with Crippen molar-refractivity contribution in [1.29, 1.82) is 5.26 Å². The highest BCUT2D eigenvalue weighted by Gasteiger charge is 2.09. The Morgan fingerprint density at radius 1 is 1.40 bits per heavy atom. The third-order valence-electron chi connectivity index (χ3n) is 2.53. The van der Waals surface area contributed by atoms with Crippen LogP contribution in [0.5, 0.6) is 0 Å². The maximum atomic E-state index is 11.9. The first-order valence-corrected chi connectivity index (χ1v) is 6.66. The number of nitrogens with one attached hydrogen (secondary N) is 1. The highest BCUT2D eigenvalue weighted by atomic mass is 79.9. The minimum Gasteiger partial charge on any atom is -0.467 e. The number of carbonyl (C=O) groups excluding carboxylic acids is 1. The van der Waals surface area contributed by atoms with Crippen molar-refractivity contribution in [3.8, 4) is 6.07 Å². The summed E-state index contributed by atoms with van der Waals surface area (Å²) in [6.07, 6.45) is 3.08. The quantitative estimate of drug-likeness (QED) is 0.691. The predicted octanol–water partition coefficient (Wildman–Crippen LogP) is 3.27. The number of hydrogen-bond acceptors (Lipinski definition) is 3. The molecule has 0 spiro atoms. The molecule has 2 aromatic rings. The molecule has 0 saturated heterocycles. The molecule has 0 atom stereocenters. The number of furan rings is 1. The van der Waals surface area contributed by atoms with Crippen molar-refractivity contribution in [3.63, 3.8) is 0 Å². The van der Waals surface area contributed by atoms with Gasteiger partial charge >= 0.3 is 0 Å². The first-order chi connectivity index (χ1) is 9.69. The van der Waals surface area contributed by atoms with Gasteiger partial charge in [-0.2, -0.15) is 5.26 Å². The van der Waals surface area contributed by atoms with Crippen LogP contribution in [-0.4, -0.2) is 5.91 Å². The van der Waals surface area contributed by atoms with Crippen LogP contribution in [0, 0.1) is 11.3 Å². The van der Waals surface area contributed by atoms with Gasteiger partial charge in [-0.05, 0) is 35.9 Å². The van der Waals surface area contributed by atoms with Gasteiger partial charge in [0.15, 0.2) is 0 Å². The largest absolute Gasteiger partial charge is 0.467 e. The van der Waals surface area contributed by atoms with Crippen LogP contribution in [0.4, 0.5) is 0 Å². The number of carbonyl (C=O) groups is 1. The molecule has 1 heterocycles. The molecule has 1 aromatic heterocycles. The summed E-state index contributed by atoms with van der Waals surface area (Å²) in [6.45, 7) is 0.253. The van der Waals surface area contributed by atoms with E-state index in [2.05, 4.69) is 21.2 Å². The van der Waals surface area contributed by atoms with Gasteiger partial charge < -0.3 is 9.73 Å². The van der Waals surface area contributed by atoms with Crippen molar-refractivity contribution in [2.24, 2.45) is 0 Å². The topological polar surface area (TPSA) is 66.0 Å². The van der Waals surface area contributed by atoms with Crippen LogP contribution < -0.4 is 5.32 Å². The van der Waals surface area contributed by atoms with Crippen LogP contribution in [0.25, 0.3) is 6.08 Å². The Morgan fingerprint density at radius 2 is 2.25 bits per heavy atom. The normalized spacial score (nSPS) is 10.9. The molecule has 0 aliphatic rings. The molecule has 4 nitrogen and oxygen atoms in total. The Labute approximate surface area is 124 Å². The van der Waals surface area contributed by atoms with Crippen molar-refractivity contribution < 1.29 is 9.21 Å². The van der Waals surface area contributed by atoms with Gasteiger partial charge in [0.1, 0.15) is 17.4 Å². The molecule has 0 unspecified atom stereocenters. The maximum Gasteiger partial charge on any atom is 0.262 e. The Morgan fingerprint density at radius 3 is 2.90 bits per heavy atom. The Bertz CT molecular complexity index is 669. The molecule has 0 fully saturated rings. The van der Waals surface area contributed by atoms with Crippen LogP contribution in [-0.2, 0) is 11.3 Å². The number of nitriles is 1. The van der Waals surface area contributed by atoms with E-state index in [0.29, 0.717) is 5.76 Å². The molecule has 100 valence electrons. The summed E-state index contributed by atoms with van der Waals surface area (Å²) in [6, 6.07) is 12.8. The minimum absolute atomic E-state index is 0.0506. The standard InChI is InChI=1S/C15H11BrN2O2/c16-13-4-1-3-11(8-13)7-12(9-17)15(19)18-10-14-5-2-6-20-14/h1-8H,10H2,(H,18,19). The number of rotatable bonds is 4. The lowest BCUT2D eigenvalue weighted by molar-refractivity contribution is -0.117. The zero-order chi connectivity index (χ0) is 14.4. The molecule has 1 amide bonds. The van der Waals surface area contributed by atoms with Gasteiger partial charge in [-0.3, -0.25) is 4.79 Å². The van der Waals surface area contributed by atoms with Gasteiger partial charge in [-0.15, -0.1) is 0 Å². The first kappa shape index (κ1) is 14.1. The van der Waals surface area contributed by atoms with Gasteiger partial charge in [0, 0.05) is 4.47 Å². The van der Waals surface area contributed by atoms with Gasteiger partial charge in [-0.1, -0.05) is 28.1 Å². The van der Waals surface area contributed by atoms with Crippen LogP contribution in [0.1, 0.15) is 11.3 Å². The van der Waals surface area contributed by atoms with Crippen LogP contribution >= 0.6 is 15.9 Å². The molecule has 1 aromatic carbocycles. The Hall–Kier alpha value is -2.32. The molecule has 1 N–H and O–H groups in total. The van der Waals surface area contributed by atoms with Gasteiger partial charge in [0.05, 0.1) is 12.8 Å². The van der Waals surface area contributed by atoms with E-state index < -0.39 is 5.91 Å². The fourth-order valence-corrected chi connectivity index (χ4v) is 2.00. The average Bonchev–Trinajstić information content (AvgIpc) is 2.95. The second kappa shape index (κ2) is 6.73. The molecule has 0 aliphatic heterocycles. The molecule has 0 aliphatic carbocycles. The Balaban J connectivity index is 2.07. The van der Waals surface area contributed by atoms with Crippen molar-refractivity contribution in [2.75, 3.05) is 0 Å². The van der Waals surface area contributed by atoms with E-state index in [9.17, 15) is 4.79 Å². The van der Waals surface area contributed by atoms with E-state index in [1.807, 2.05) is 30.3 Å². The number of amides is 1.